The van der Waals surface area contributed by atoms with Crippen LogP contribution in [0.5, 0.6) is 11.5 Å². The van der Waals surface area contributed by atoms with E-state index in [1.165, 1.54) is 19.1 Å². The van der Waals surface area contributed by atoms with Crippen molar-refractivity contribution >= 4 is 5.91 Å². The van der Waals surface area contributed by atoms with Crippen molar-refractivity contribution in [3.8, 4) is 11.5 Å². The van der Waals surface area contributed by atoms with Crippen LogP contribution < -0.4 is 14.8 Å². The van der Waals surface area contributed by atoms with Crippen LogP contribution in [0.2, 0.25) is 0 Å². The van der Waals surface area contributed by atoms with E-state index in [9.17, 15) is 13.6 Å². The molecule has 1 aromatic heterocycles. The number of carbonyl (C=O) groups excluding carboxylic acids is 1. The van der Waals surface area contributed by atoms with E-state index in [1.807, 2.05) is 6.07 Å². The zero-order valence-electron chi connectivity index (χ0n) is 16.2. The van der Waals surface area contributed by atoms with Crippen LogP contribution in [-0.2, 0) is 11.3 Å². The van der Waals surface area contributed by atoms with E-state index in [0.717, 1.165) is 31.4 Å². The maximum absolute atomic E-state index is 14.2. The van der Waals surface area contributed by atoms with Gasteiger partial charge in [-0.2, -0.15) is 0 Å². The lowest BCUT2D eigenvalue weighted by atomic mass is 9.73. The van der Waals surface area contributed by atoms with Gasteiger partial charge in [0, 0.05) is 31.0 Å². The summed E-state index contributed by atoms with van der Waals surface area (Å²) < 4.78 is 44.5. The Morgan fingerprint density at radius 3 is 2.48 bits per heavy atom. The molecule has 0 radical (unpaired) electrons. The molecule has 2 fully saturated rings. The predicted molar refractivity (Wildman–Crippen MR) is 99.6 cm³/mol. The molecule has 0 saturated heterocycles. The Labute approximate surface area is 167 Å². The Hall–Kier alpha value is -2.64. The van der Waals surface area contributed by atoms with Gasteiger partial charge >= 0.3 is 0 Å². The Balaban J connectivity index is 1.24. The lowest BCUT2D eigenvalue weighted by molar-refractivity contribution is -0.119. The van der Waals surface area contributed by atoms with Gasteiger partial charge in [0.15, 0.2) is 23.1 Å². The number of carbonyl (C=O) groups is 1. The number of amides is 1. The quantitative estimate of drug-likeness (QED) is 0.683. The van der Waals surface area contributed by atoms with Gasteiger partial charge in [0.05, 0.1) is 25.5 Å². The van der Waals surface area contributed by atoms with Gasteiger partial charge in [-0.25, -0.2) is 8.78 Å². The maximum atomic E-state index is 14.2. The van der Waals surface area contributed by atoms with E-state index < -0.39 is 11.6 Å². The van der Waals surface area contributed by atoms with E-state index in [0.29, 0.717) is 24.8 Å². The van der Waals surface area contributed by atoms with Crippen molar-refractivity contribution in [1.82, 2.24) is 10.5 Å². The summed E-state index contributed by atoms with van der Waals surface area (Å²) in [4.78, 5) is 10.9. The molecule has 1 aromatic carbocycles. The third-order valence-electron chi connectivity index (χ3n) is 5.36. The first-order valence-corrected chi connectivity index (χ1v) is 9.92. The molecule has 8 heteroatoms. The molecule has 1 N–H and O–H groups in total. The highest BCUT2D eigenvalue weighted by molar-refractivity contribution is 5.72. The van der Waals surface area contributed by atoms with Crippen molar-refractivity contribution in [2.45, 2.75) is 45.1 Å². The van der Waals surface area contributed by atoms with Crippen LogP contribution >= 0.6 is 0 Å². The van der Waals surface area contributed by atoms with Crippen LogP contribution in [0.4, 0.5) is 8.78 Å². The lowest BCUT2D eigenvalue weighted by Crippen LogP contribution is -2.27. The standard InChI is InChI=1S/C21H24F2N2O4/c1-12(26)24-9-17-8-20(25-29-17)15-4-14(5-15)11-28-21-18(22)6-16(7-19(21)23)27-10-13-2-3-13/h6-8,13-15H,2-5,9-11H2,1H3,(H,24,26). The lowest BCUT2D eigenvalue weighted by Gasteiger charge is -2.33. The van der Waals surface area contributed by atoms with Crippen LogP contribution in [0.3, 0.4) is 0 Å². The van der Waals surface area contributed by atoms with Gasteiger partial charge in [-0.3, -0.25) is 4.79 Å². The van der Waals surface area contributed by atoms with E-state index in [4.69, 9.17) is 14.0 Å². The molecule has 2 aromatic rings. The summed E-state index contributed by atoms with van der Waals surface area (Å²) in [6, 6.07) is 4.18. The molecule has 2 aliphatic rings. The van der Waals surface area contributed by atoms with E-state index in [-0.39, 0.29) is 35.8 Å². The largest absolute Gasteiger partial charge is 0.493 e. The van der Waals surface area contributed by atoms with Gasteiger partial charge in [0.1, 0.15) is 5.75 Å². The molecule has 1 amide bonds. The summed E-state index contributed by atoms with van der Waals surface area (Å²) in [7, 11) is 0. The first kappa shape index (κ1) is 19.7. The van der Waals surface area contributed by atoms with E-state index >= 15 is 0 Å². The first-order chi connectivity index (χ1) is 14.0. The summed E-state index contributed by atoms with van der Waals surface area (Å²) in [5, 5.41) is 6.70. The smallest absolute Gasteiger partial charge is 0.217 e. The van der Waals surface area contributed by atoms with E-state index in [1.54, 1.807) is 0 Å². The number of halogens is 2. The van der Waals surface area contributed by atoms with Gasteiger partial charge in [0.2, 0.25) is 5.91 Å². The average Bonchev–Trinajstić information content (AvgIpc) is 3.35. The molecule has 2 aliphatic carbocycles. The Kier molecular flexibility index (Phi) is 5.69. The summed E-state index contributed by atoms with van der Waals surface area (Å²) in [5.41, 5.74) is 0.830. The number of nitrogens with zero attached hydrogens (tertiary/aromatic N) is 1. The molecule has 0 unspecified atom stereocenters. The summed E-state index contributed by atoms with van der Waals surface area (Å²) >= 11 is 0. The molecule has 1 heterocycles. The molecule has 4 rings (SSSR count). The zero-order chi connectivity index (χ0) is 20.4. The van der Waals surface area contributed by atoms with Crippen LogP contribution in [0, 0.1) is 23.5 Å². The molecule has 6 nitrogen and oxygen atoms in total. The normalized spacial score (nSPS) is 20.8. The van der Waals surface area contributed by atoms with Crippen LogP contribution in [0.25, 0.3) is 0 Å². The molecule has 0 bridgehead atoms. The van der Waals surface area contributed by atoms with Crippen LogP contribution in [0.1, 0.15) is 50.0 Å². The molecule has 0 spiro atoms. The van der Waals surface area contributed by atoms with Crippen molar-refractivity contribution in [1.29, 1.82) is 0 Å². The molecule has 0 aliphatic heterocycles. The fourth-order valence-electron chi connectivity index (χ4n) is 3.39. The molecule has 156 valence electrons. The Morgan fingerprint density at radius 1 is 1.14 bits per heavy atom. The monoisotopic (exact) mass is 406 g/mol. The Bertz CT molecular complexity index is 852. The number of rotatable bonds is 9. The van der Waals surface area contributed by atoms with Crippen molar-refractivity contribution in [3.63, 3.8) is 0 Å². The number of aromatic nitrogens is 1. The highest BCUT2D eigenvalue weighted by Crippen LogP contribution is 2.42. The summed E-state index contributed by atoms with van der Waals surface area (Å²) in [6.07, 6.45) is 3.83. The van der Waals surface area contributed by atoms with Gasteiger partial charge in [-0.15, -0.1) is 0 Å². The van der Waals surface area contributed by atoms with E-state index in [2.05, 4.69) is 10.5 Å². The minimum absolute atomic E-state index is 0.134. The zero-order valence-corrected chi connectivity index (χ0v) is 16.2. The fourth-order valence-corrected chi connectivity index (χ4v) is 3.39. The third-order valence-corrected chi connectivity index (χ3v) is 5.36. The number of hydrogen-bond acceptors (Lipinski definition) is 5. The molecular formula is C21H24F2N2O4. The summed E-state index contributed by atoms with van der Waals surface area (Å²) in [6.45, 7) is 2.48. The molecule has 2 saturated carbocycles. The number of hydrogen-bond donors (Lipinski definition) is 1. The van der Waals surface area contributed by atoms with Crippen molar-refractivity contribution in [2.75, 3.05) is 13.2 Å². The minimum Gasteiger partial charge on any atom is -0.493 e. The highest BCUT2D eigenvalue weighted by Gasteiger charge is 2.33. The number of benzene rings is 1. The fraction of sp³-hybridized carbons (Fsp3) is 0.524. The van der Waals surface area contributed by atoms with Gasteiger partial charge < -0.3 is 19.3 Å². The number of nitrogens with one attached hydrogen (secondary N) is 1. The predicted octanol–water partition coefficient (Wildman–Crippen LogP) is 3.95. The molecule has 0 atom stereocenters. The van der Waals surface area contributed by atoms with Crippen molar-refractivity contribution in [2.24, 2.45) is 11.8 Å². The first-order valence-electron chi connectivity index (χ1n) is 9.92. The average molecular weight is 406 g/mol. The second-order valence-corrected chi connectivity index (χ2v) is 7.94. The van der Waals surface area contributed by atoms with Crippen LogP contribution in [0.15, 0.2) is 22.7 Å². The van der Waals surface area contributed by atoms with Crippen molar-refractivity contribution < 1.29 is 27.6 Å². The number of ether oxygens (including phenoxy) is 2. The van der Waals surface area contributed by atoms with Crippen molar-refractivity contribution in [3.05, 3.63) is 41.3 Å². The second-order valence-electron chi connectivity index (χ2n) is 7.94. The van der Waals surface area contributed by atoms with Crippen LogP contribution in [-0.4, -0.2) is 24.3 Å². The van der Waals surface area contributed by atoms with Gasteiger partial charge in [0.25, 0.3) is 0 Å². The maximum Gasteiger partial charge on any atom is 0.217 e. The van der Waals surface area contributed by atoms with Gasteiger partial charge in [-0.05, 0) is 37.5 Å². The molecule has 29 heavy (non-hydrogen) atoms. The third kappa shape index (κ3) is 5.05. The Morgan fingerprint density at radius 2 is 1.83 bits per heavy atom. The second kappa shape index (κ2) is 8.39. The SMILES string of the molecule is CC(=O)NCc1cc(C2CC(COc3c(F)cc(OCC4CC4)cc3F)C2)no1. The molecular weight excluding hydrogens is 382 g/mol. The van der Waals surface area contributed by atoms with Gasteiger partial charge in [-0.1, -0.05) is 5.16 Å². The highest BCUT2D eigenvalue weighted by atomic mass is 19.1. The minimum atomic E-state index is -0.745. The topological polar surface area (TPSA) is 73.6 Å². The summed E-state index contributed by atoms with van der Waals surface area (Å²) in [5.74, 6) is -0.248.